The van der Waals surface area contributed by atoms with E-state index in [0.717, 1.165) is 39.5 Å². The van der Waals surface area contributed by atoms with E-state index in [0.29, 0.717) is 0 Å². The molecular weight excluding hydrogens is 558 g/mol. The summed E-state index contributed by atoms with van der Waals surface area (Å²) in [5.41, 5.74) is 5.42. The van der Waals surface area contributed by atoms with Crippen molar-refractivity contribution in [3.05, 3.63) is 180 Å². The molecule has 46 heavy (non-hydrogen) atoms. The van der Waals surface area contributed by atoms with Crippen LogP contribution in [0.4, 0.5) is 0 Å². The highest BCUT2D eigenvalue weighted by Gasteiger charge is 2.24. The van der Waals surface area contributed by atoms with Crippen LogP contribution in [0.5, 0.6) is 0 Å². The molecule has 8 aromatic carbocycles. The average molecular weight is 588 g/mol. The third kappa shape index (κ3) is 4.44. The molecule has 1 aliphatic rings. The van der Waals surface area contributed by atoms with Gasteiger partial charge in [-0.3, -0.25) is 0 Å². The summed E-state index contributed by atoms with van der Waals surface area (Å²) in [4.78, 5) is 10.5. The monoisotopic (exact) mass is 587 g/mol. The standard InChI is InChI=1S/C43H29N3/c1-3-13-28(14-4-1)41-44-42(29-15-5-2-6-16-29)46-43(45-41)40-26-31-18-8-7-17-30(31)25-38(40)32-23-24-37-35-21-10-9-19-33(35)34-20-11-12-22-36(34)39(37)27-32/h1-27,43H,(H,44,45,46). The average Bonchev–Trinajstić information content (AvgIpc) is 3.15. The lowest BCUT2D eigenvalue weighted by molar-refractivity contribution is 0.758. The summed E-state index contributed by atoms with van der Waals surface area (Å²) in [6, 6.07) is 58.2. The number of nitrogens with zero attached hydrogens (tertiary/aromatic N) is 2. The number of benzene rings is 8. The lowest BCUT2D eigenvalue weighted by Gasteiger charge is -2.24. The second-order valence-electron chi connectivity index (χ2n) is 11.8. The number of nitrogens with one attached hydrogen (secondary N) is 1. The van der Waals surface area contributed by atoms with Crippen LogP contribution in [-0.2, 0) is 0 Å². The molecule has 0 atom stereocenters. The fourth-order valence-electron chi connectivity index (χ4n) is 6.87. The first-order chi connectivity index (χ1) is 22.8. The van der Waals surface area contributed by atoms with Crippen molar-refractivity contribution in [1.82, 2.24) is 5.32 Å². The molecule has 3 heteroatoms. The Kier molecular flexibility index (Phi) is 6.20. The highest BCUT2D eigenvalue weighted by Crippen LogP contribution is 2.40. The van der Waals surface area contributed by atoms with Crippen molar-refractivity contribution >= 4 is 54.8 Å². The molecule has 8 aromatic rings. The molecule has 0 bridgehead atoms. The molecule has 0 saturated carbocycles. The molecule has 0 amide bonds. The van der Waals surface area contributed by atoms with E-state index in [4.69, 9.17) is 9.98 Å². The molecule has 1 heterocycles. The zero-order valence-electron chi connectivity index (χ0n) is 25.1. The number of fused-ring (bicyclic) bond motifs is 7. The lowest BCUT2D eigenvalue weighted by atomic mass is 9.89. The molecule has 1 aliphatic heterocycles. The number of aliphatic imine (C=N–C) groups is 2. The Labute approximate surface area is 267 Å². The first-order valence-electron chi connectivity index (χ1n) is 15.7. The van der Waals surface area contributed by atoms with Crippen LogP contribution in [0.1, 0.15) is 22.9 Å². The van der Waals surface area contributed by atoms with Gasteiger partial charge in [0.2, 0.25) is 0 Å². The third-order valence-corrected chi connectivity index (χ3v) is 9.09. The zero-order chi connectivity index (χ0) is 30.5. The Morgan fingerprint density at radius 3 is 1.39 bits per heavy atom. The molecular formula is C43H29N3. The second-order valence-corrected chi connectivity index (χ2v) is 11.8. The van der Waals surface area contributed by atoms with E-state index >= 15 is 0 Å². The van der Waals surface area contributed by atoms with Gasteiger partial charge >= 0.3 is 0 Å². The Hall–Kier alpha value is -6.06. The van der Waals surface area contributed by atoms with Crippen LogP contribution in [0.25, 0.3) is 54.2 Å². The second kappa shape index (κ2) is 10.8. The van der Waals surface area contributed by atoms with Crippen LogP contribution in [0, 0.1) is 0 Å². The maximum Gasteiger partial charge on any atom is 0.170 e. The van der Waals surface area contributed by atoms with Crippen molar-refractivity contribution in [3.63, 3.8) is 0 Å². The molecule has 0 aromatic heterocycles. The van der Waals surface area contributed by atoms with Crippen molar-refractivity contribution in [1.29, 1.82) is 0 Å². The minimum Gasteiger partial charge on any atom is -0.324 e. The minimum atomic E-state index is -0.435. The largest absolute Gasteiger partial charge is 0.324 e. The number of hydrogen-bond acceptors (Lipinski definition) is 3. The molecule has 216 valence electrons. The molecule has 0 saturated heterocycles. The van der Waals surface area contributed by atoms with Crippen LogP contribution >= 0.6 is 0 Å². The van der Waals surface area contributed by atoms with Gasteiger partial charge in [-0.25, -0.2) is 9.98 Å². The number of hydrogen-bond donors (Lipinski definition) is 1. The van der Waals surface area contributed by atoms with Crippen LogP contribution in [0.15, 0.2) is 174 Å². The van der Waals surface area contributed by atoms with Crippen LogP contribution in [0.3, 0.4) is 0 Å². The number of amidine groups is 2. The van der Waals surface area contributed by atoms with Crippen molar-refractivity contribution in [3.8, 4) is 11.1 Å². The van der Waals surface area contributed by atoms with Crippen molar-refractivity contribution < 1.29 is 0 Å². The Balaban J connectivity index is 1.31. The van der Waals surface area contributed by atoms with Gasteiger partial charge in [-0.05, 0) is 72.4 Å². The summed E-state index contributed by atoms with van der Waals surface area (Å²) in [6.07, 6.45) is -0.435. The molecule has 0 radical (unpaired) electrons. The van der Waals surface area contributed by atoms with Crippen molar-refractivity contribution in [2.75, 3.05) is 0 Å². The first kappa shape index (κ1) is 26.4. The predicted octanol–water partition coefficient (Wildman–Crippen LogP) is 10.5. The summed E-state index contributed by atoms with van der Waals surface area (Å²) in [6.45, 7) is 0. The smallest absolute Gasteiger partial charge is 0.170 e. The van der Waals surface area contributed by atoms with E-state index in [1.54, 1.807) is 0 Å². The quantitative estimate of drug-likeness (QED) is 0.204. The van der Waals surface area contributed by atoms with Gasteiger partial charge in [0.25, 0.3) is 0 Å². The molecule has 0 spiro atoms. The van der Waals surface area contributed by atoms with Crippen LogP contribution in [0.2, 0.25) is 0 Å². The third-order valence-electron chi connectivity index (χ3n) is 9.09. The molecule has 0 aliphatic carbocycles. The van der Waals surface area contributed by atoms with Crippen molar-refractivity contribution in [2.45, 2.75) is 6.17 Å². The van der Waals surface area contributed by atoms with Gasteiger partial charge in [-0.15, -0.1) is 0 Å². The zero-order valence-corrected chi connectivity index (χ0v) is 25.1. The summed E-state index contributed by atoms with van der Waals surface area (Å²) < 4.78 is 0. The molecule has 1 N–H and O–H groups in total. The Bertz CT molecular complexity index is 2400. The highest BCUT2D eigenvalue weighted by atomic mass is 15.2. The Morgan fingerprint density at radius 1 is 0.370 bits per heavy atom. The van der Waals surface area contributed by atoms with Gasteiger partial charge in [-0.2, -0.15) is 0 Å². The van der Waals surface area contributed by atoms with Crippen LogP contribution in [-0.4, -0.2) is 11.7 Å². The van der Waals surface area contributed by atoms with E-state index in [1.165, 1.54) is 43.1 Å². The van der Waals surface area contributed by atoms with E-state index < -0.39 is 6.17 Å². The van der Waals surface area contributed by atoms with Gasteiger partial charge in [0.05, 0.1) is 0 Å². The first-order valence-corrected chi connectivity index (χ1v) is 15.7. The predicted molar refractivity (Wildman–Crippen MR) is 194 cm³/mol. The van der Waals surface area contributed by atoms with E-state index in [2.05, 4.69) is 133 Å². The fourth-order valence-corrected chi connectivity index (χ4v) is 6.87. The lowest BCUT2D eigenvalue weighted by Crippen LogP contribution is -2.36. The summed E-state index contributed by atoms with van der Waals surface area (Å²) in [5, 5.41) is 13.5. The van der Waals surface area contributed by atoms with Crippen molar-refractivity contribution in [2.24, 2.45) is 9.98 Å². The topological polar surface area (TPSA) is 36.8 Å². The SMILES string of the molecule is c1ccc(C2=NC(c3cc4ccccc4cc3-c3ccc4c5ccccc5c5ccccc5c4c3)N=C(c3ccccc3)N2)cc1. The van der Waals surface area contributed by atoms with Crippen LogP contribution < -0.4 is 5.32 Å². The minimum absolute atomic E-state index is 0.435. The molecule has 9 rings (SSSR count). The maximum atomic E-state index is 5.26. The van der Waals surface area contributed by atoms with Gasteiger partial charge < -0.3 is 5.32 Å². The van der Waals surface area contributed by atoms with E-state index in [1.807, 2.05) is 36.4 Å². The van der Waals surface area contributed by atoms with Gasteiger partial charge in [-0.1, -0.05) is 146 Å². The Morgan fingerprint density at radius 2 is 0.826 bits per heavy atom. The summed E-state index contributed by atoms with van der Waals surface area (Å²) in [7, 11) is 0. The highest BCUT2D eigenvalue weighted by molar-refractivity contribution is 6.25. The fraction of sp³-hybridized carbons (Fsp3) is 0.0233. The normalized spacial score (nSPS) is 13.6. The summed E-state index contributed by atoms with van der Waals surface area (Å²) >= 11 is 0. The van der Waals surface area contributed by atoms with E-state index in [9.17, 15) is 0 Å². The summed E-state index contributed by atoms with van der Waals surface area (Å²) in [5.74, 6) is 1.63. The van der Waals surface area contributed by atoms with Gasteiger partial charge in [0, 0.05) is 16.7 Å². The number of rotatable bonds is 4. The van der Waals surface area contributed by atoms with Gasteiger partial charge in [0.1, 0.15) is 11.7 Å². The molecule has 3 nitrogen and oxygen atoms in total. The maximum absolute atomic E-state index is 5.26. The molecule has 0 fully saturated rings. The molecule has 0 unspecified atom stereocenters. The van der Waals surface area contributed by atoms with E-state index in [-0.39, 0.29) is 0 Å². The van der Waals surface area contributed by atoms with Gasteiger partial charge in [0.15, 0.2) is 6.17 Å².